The maximum absolute atomic E-state index is 12.8. The molecule has 1 saturated heterocycles. The zero-order valence-electron chi connectivity index (χ0n) is 20.1. The number of esters is 1. The van der Waals surface area contributed by atoms with Crippen LogP contribution in [0.2, 0.25) is 0 Å². The van der Waals surface area contributed by atoms with Crippen LogP contribution >= 0.6 is 0 Å². The van der Waals surface area contributed by atoms with E-state index >= 15 is 0 Å². The van der Waals surface area contributed by atoms with E-state index in [0.29, 0.717) is 53.8 Å². The van der Waals surface area contributed by atoms with Gasteiger partial charge >= 0.3 is 5.97 Å². The molecular weight excluding hydrogens is 404 g/mol. The summed E-state index contributed by atoms with van der Waals surface area (Å²) in [4.78, 5) is 12.8. The van der Waals surface area contributed by atoms with Gasteiger partial charge in [0.15, 0.2) is 6.29 Å². The molecule has 2 saturated carbocycles. The summed E-state index contributed by atoms with van der Waals surface area (Å²) in [5, 5.41) is 0. The molecule has 5 nitrogen and oxygen atoms in total. The van der Waals surface area contributed by atoms with E-state index in [2.05, 4.69) is 27.7 Å². The summed E-state index contributed by atoms with van der Waals surface area (Å²) >= 11 is 0. The molecule has 1 aromatic carbocycles. The molecule has 2 aliphatic carbocycles. The van der Waals surface area contributed by atoms with Crippen molar-refractivity contribution in [2.24, 2.45) is 23.7 Å². The van der Waals surface area contributed by atoms with Crippen molar-refractivity contribution < 1.29 is 23.7 Å². The average molecular weight is 445 g/mol. The summed E-state index contributed by atoms with van der Waals surface area (Å²) in [6.45, 7) is 9.48. The van der Waals surface area contributed by atoms with Crippen LogP contribution < -0.4 is 4.74 Å². The molecule has 0 aromatic heterocycles. The third-order valence-electron chi connectivity index (χ3n) is 7.54. The van der Waals surface area contributed by atoms with Gasteiger partial charge in [0.2, 0.25) is 0 Å². The number of benzene rings is 1. The predicted molar refractivity (Wildman–Crippen MR) is 124 cm³/mol. The number of ether oxygens (including phenoxy) is 4. The van der Waals surface area contributed by atoms with Crippen molar-refractivity contribution >= 4 is 5.97 Å². The predicted octanol–water partition coefficient (Wildman–Crippen LogP) is 6.00. The highest BCUT2D eigenvalue weighted by Crippen LogP contribution is 2.39. The Kier molecular flexibility index (Phi) is 7.78. The fraction of sp³-hybridized carbons (Fsp3) is 0.741. The number of epoxide rings is 1. The van der Waals surface area contributed by atoms with Crippen molar-refractivity contribution in [1.29, 1.82) is 0 Å². The van der Waals surface area contributed by atoms with E-state index in [1.54, 1.807) is 12.1 Å². The molecule has 0 spiro atoms. The number of rotatable bonds is 9. The van der Waals surface area contributed by atoms with Crippen LogP contribution in [-0.2, 0) is 14.2 Å². The molecule has 3 fully saturated rings. The summed E-state index contributed by atoms with van der Waals surface area (Å²) in [5.41, 5.74) is 0.577. The molecule has 5 heteroatoms. The minimum absolute atomic E-state index is 0.0103. The summed E-state index contributed by atoms with van der Waals surface area (Å²) in [6.07, 6.45) is 8.25. The first-order valence-electron chi connectivity index (χ1n) is 12.7. The summed E-state index contributed by atoms with van der Waals surface area (Å²) in [7, 11) is 0. The van der Waals surface area contributed by atoms with E-state index in [-0.39, 0.29) is 18.4 Å². The molecule has 7 unspecified atom stereocenters. The van der Waals surface area contributed by atoms with Gasteiger partial charge in [-0.2, -0.15) is 0 Å². The highest BCUT2D eigenvalue weighted by atomic mass is 16.7. The smallest absolute Gasteiger partial charge is 0.338 e. The van der Waals surface area contributed by atoms with Gasteiger partial charge in [0.25, 0.3) is 0 Å². The third kappa shape index (κ3) is 6.05. The molecule has 1 aromatic rings. The first-order chi connectivity index (χ1) is 15.4. The van der Waals surface area contributed by atoms with Crippen molar-refractivity contribution in [3.63, 3.8) is 0 Å². The van der Waals surface area contributed by atoms with Gasteiger partial charge in [-0.3, -0.25) is 0 Å². The fourth-order valence-electron chi connectivity index (χ4n) is 5.39. The Morgan fingerprint density at radius 2 is 1.84 bits per heavy atom. The van der Waals surface area contributed by atoms with Crippen molar-refractivity contribution in [3.8, 4) is 5.75 Å². The number of hydrogen-bond donors (Lipinski definition) is 0. The van der Waals surface area contributed by atoms with Crippen molar-refractivity contribution in [3.05, 3.63) is 29.8 Å². The topological polar surface area (TPSA) is 57.3 Å². The molecule has 1 heterocycles. The average Bonchev–Trinajstić information content (AvgIpc) is 3.55. The van der Waals surface area contributed by atoms with E-state index in [0.717, 1.165) is 32.1 Å². The highest BCUT2D eigenvalue weighted by Gasteiger charge is 2.43. The van der Waals surface area contributed by atoms with Crippen LogP contribution in [0.25, 0.3) is 0 Å². The van der Waals surface area contributed by atoms with Gasteiger partial charge in [0, 0.05) is 6.42 Å². The summed E-state index contributed by atoms with van der Waals surface area (Å²) in [6, 6.07) is 7.28. The van der Waals surface area contributed by atoms with E-state index < -0.39 is 0 Å². The Balaban J connectivity index is 1.27. The van der Waals surface area contributed by atoms with Crippen LogP contribution in [0.1, 0.15) is 83.0 Å². The lowest BCUT2D eigenvalue weighted by Crippen LogP contribution is -2.35. The van der Waals surface area contributed by atoms with Crippen LogP contribution in [0.15, 0.2) is 24.3 Å². The second kappa shape index (κ2) is 10.6. The monoisotopic (exact) mass is 444 g/mol. The van der Waals surface area contributed by atoms with Crippen LogP contribution in [0.4, 0.5) is 0 Å². The Hall–Kier alpha value is -1.59. The van der Waals surface area contributed by atoms with Gasteiger partial charge in [-0.25, -0.2) is 4.79 Å². The molecule has 7 atom stereocenters. The lowest BCUT2D eigenvalue weighted by molar-refractivity contribution is -0.0952. The van der Waals surface area contributed by atoms with Crippen LogP contribution in [0, 0.1) is 23.7 Å². The summed E-state index contributed by atoms with van der Waals surface area (Å²) in [5.74, 6) is 2.62. The van der Waals surface area contributed by atoms with Gasteiger partial charge < -0.3 is 18.9 Å². The van der Waals surface area contributed by atoms with Gasteiger partial charge in [0.1, 0.15) is 11.9 Å². The number of carbonyl (C=O) groups is 1. The number of hydrogen-bond acceptors (Lipinski definition) is 5. The van der Waals surface area contributed by atoms with Crippen molar-refractivity contribution in [1.82, 2.24) is 0 Å². The zero-order valence-corrected chi connectivity index (χ0v) is 20.1. The molecule has 1 aliphatic heterocycles. The standard InChI is InChI=1S/C27H40O5/c1-5-26(29-16-19-7-13-23-25(15-19)31-23)30-21-10-8-20(9-11-21)27(28)32-24-14-18(4)6-12-22(24)17(2)3/h8-11,17-19,22-26H,5-7,12-16H2,1-4H3. The van der Waals surface area contributed by atoms with Crippen LogP contribution in [0.3, 0.4) is 0 Å². The van der Waals surface area contributed by atoms with E-state index in [1.165, 1.54) is 12.8 Å². The SMILES string of the molecule is CCC(OCC1CCC2OC2C1)Oc1ccc(C(=O)OC2CC(C)CCC2C(C)C)cc1. The van der Waals surface area contributed by atoms with Crippen molar-refractivity contribution in [2.45, 2.75) is 97.2 Å². The molecule has 0 radical (unpaired) electrons. The molecule has 4 rings (SSSR count). The molecule has 32 heavy (non-hydrogen) atoms. The normalized spacial score (nSPS) is 32.8. The van der Waals surface area contributed by atoms with Gasteiger partial charge in [-0.1, -0.05) is 34.1 Å². The lowest BCUT2D eigenvalue weighted by Gasteiger charge is -2.36. The number of carbonyl (C=O) groups excluding carboxylic acids is 1. The fourth-order valence-corrected chi connectivity index (χ4v) is 5.39. The first-order valence-corrected chi connectivity index (χ1v) is 12.7. The third-order valence-corrected chi connectivity index (χ3v) is 7.54. The Labute approximate surface area is 193 Å². The van der Waals surface area contributed by atoms with Crippen molar-refractivity contribution in [2.75, 3.05) is 6.61 Å². The maximum atomic E-state index is 12.8. The minimum atomic E-state index is -0.277. The van der Waals surface area contributed by atoms with Gasteiger partial charge in [-0.05, 0) is 80.0 Å². The molecule has 0 amide bonds. The molecule has 178 valence electrons. The largest absolute Gasteiger partial charge is 0.465 e. The van der Waals surface area contributed by atoms with Crippen LogP contribution in [-0.4, -0.2) is 37.2 Å². The van der Waals surface area contributed by atoms with E-state index in [9.17, 15) is 4.79 Å². The van der Waals surface area contributed by atoms with Crippen LogP contribution in [0.5, 0.6) is 5.75 Å². The maximum Gasteiger partial charge on any atom is 0.338 e. The molecule has 0 bridgehead atoms. The highest BCUT2D eigenvalue weighted by molar-refractivity contribution is 5.89. The van der Waals surface area contributed by atoms with Gasteiger partial charge in [0.05, 0.1) is 24.4 Å². The van der Waals surface area contributed by atoms with Gasteiger partial charge in [-0.15, -0.1) is 0 Å². The first kappa shape index (κ1) is 23.6. The number of fused-ring (bicyclic) bond motifs is 1. The minimum Gasteiger partial charge on any atom is -0.465 e. The van der Waals surface area contributed by atoms with E-state index in [4.69, 9.17) is 18.9 Å². The molecule has 0 N–H and O–H groups in total. The second-order valence-electron chi connectivity index (χ2n) is 10.5. The van der Waals surface area contributed by atoms with E-state index in [1.807, 2.05) is 12.1 Å². The molecular formula is C27H40O5. The zero-order chi connectivity index (χ0) is 22.7. The Morgan fingerprint density at radius 3 is 2.53 bits per heavy atom. The molecule has 3 aliphatic rings. The Bertz CT molecular complexity index is 745. The summed E-state index contributed by atoms with van der Waals surface area (Å²) < 4.78 is 23.7. The second-order valence-corrected chi connectivity index (χ2v) is 10.5. The Morgan fingerprint density at radius 1 is 1.06 bits per heavy atom. The quantitative estimate of drug-likeness (QED) is 0.265. The lowest BCUT2D eigenvalue weighted by atomic mass is 9.75.